The van der Waals surface area contributed by atoms with Crippen LogP contribution in [0.25, 0.3) is 0 Å². The van der Waals surface area contributed by atoms with E-state index in [1.54, 1.807) is 0 Å². The highest BCUT2D eigenvalue weighted by Gasteiger charge is 2.35. The van der Waals surface area contributed by atoms with Crippen molar-refractivity contribution in [1.82, 2.24) is 0 Å². The van der Waals surface area contributed by atoms with Crippen molar-refractivity contribution < 1.29 is 74.4 Å². The van der Waals surface area contributed by atoms with Crippen LogP contribution in [-0.2, 0) is 18.7 Å². The van der Waals surface area contributed by atoms with Gasteiger partial charge < -0.3 is 65.3 Å². The summed E-state index contributed by atoms with van der Waals surface area (Å²) in [5.74, 6) is 0. The Balaban J connectivity index is 0. The molecule has 0 saturated heterocycles. The van der Waals surface area contributed by atoms with Gasteiger partial charge in [-0.25, -0.2) is 4.57 Å². The van der Waals surface area contributed by atoms with Gasteiger partial charge in [0.25, 0.3) is 0 Å². The molecule has 0 spiro atoms. The Bertz CT molecular complexity index is 484. The van der Waals surface area contributed by atoms with E-state index in [1.165, 1.54) is 0 Å². The zero-order chi connectivity index (χ0) is 22.7. The monoisotopic (exact) mass is 440 g/mol. The highest BCUT2D eigenvalue weighted by molar-refractivity contribution is 7.46. The first-order valence-electron chi connectivity index (χ1n) is 7.40. The largest absolute Gasteiger partial charge is 0.470 e. The summed E-state index contributed by atoms with van der Waals surface area (Å²) < 4.78 is 14.2. The van der Waals surface area contributed by atoms with Crippen LogP contribution in [0.15, 0.2) is 0 Å². The lowest BCUT2D eigenvalue weighted by Gasteiger charge is -2.25. The number of aliphatic hydroxyl groups excluding tert-OH is 9. The summed E-state index contributed by atoms with van der Waals surface area (Å²) in [7, 11) is -5.02. The maximum absolute atomic E-state index is 10.4. The first-order chi connectivity index (χ1) is 12.8. The lowest BCUT2D eigenvalue weighted by molar-refractivity contribution is -0.136. The third-order valence-corrected chi connectivity index (χ3v) is 3.60. The second-order valence-corrected chi connectivity index (χ2v) is 6.48. The van der Waals surface area contributed by atoms with Crippen molar-refractivity contribution in [3.63, 3.8) is 0 Å². The fourth-order valence-electron chi connectivity index (χ4n) is 1.47. The molecule has 0 amide bonds. The van der Waals surface area contributed by atoms with Gasteiger partial charge in [-0.15, -0.1) is 0 Å². The molecule has 0 rings (SSSR count). The van der Waals surface area contributed by atoms with E-state index in [1.807, 2.05) is 0 Å². The maximum atomic E-state index is 10.4. The quantitative estimate of drug-likeness (QED) is 0.0993. The number of aliphatic hydroxyl groups is 9. The molecule has 168 valence electrons. The smallest absolute Gasteiger partial charge is 0.394 e. The molecule has 0 saturated carbocycles. The average molecular weight is 440 g/mol. The molecule has 8 atom stereocenters. The lowest BCUT2D eigenvalue weighted by Crippen LogP contribution is -2.47. The molecule has 15 nitrogen and oxygen atoms in total. The Hall–Kier alpha value is -0.910. The van der Waals surface area contributed by atoms with E-state index in [9.17, 15) is 19.3 Å². The van der Waals surface area contributed by atoms with Crippen molar-refractivity contribution in [3.05, 3.63) is 0 Å². The van der Waals surface area contributed by atoms with Gasteiger partial charge in [-0.1, -0.05) is 0 Å². The first kappa shape index (κ1) is 29.3. The van der Waals surface area contributed by atoms with Gasteiger partial charge in [0, 0.05) is 0 Å². The minimum Gasteiger partial charge on any atom is -0.394 e. The minimum absolute atomic E-state index is 0.0258. The van der Waals surface area contributed by atoms with Crippen LogP contribution in [-0.4, -0.2) is 130 Å². The SMILES string of the molecule is O=C[C@H](O)[C@@H](O)[C@H](O)[C@H](O)CO.O=C[C@H](OP(=O)(O)O)[C@@H](O)[C@H](O)[C@H](O)CO. The second kappa shape index (κ2) is 14.1. The predicted molar refractivity (Wildman–Crippen MR) is 85.3 cm³/mol. The van der Waals surface area contributed by atoms with Crippen LogP contribution in [0, 0.1) is 0 Å². The van der Waals surface area contributed by atoms with Crippen molar-refractivity contribution >= 4 is 20.4 Å². The van der Waals surface area contributed by atoms with E-state index in [-0.39, 0.29) is 12.6 Å². The molecule has 0 aromatic heterocycles. The van der Waals surface area contributed by atoms with Gasteiger partial charge in [0.05, 0.1) is 13.2 Å². The zero-order valence-corrected chi connectivity index (χ0v) is 15.1. The summed E-state index contributed by atoms with van der Waals surface area (Å²) in [5, 5.41) is 79.2. The van der Waals surface area contributed by atoms with Crippen LogP contribution >= 0.6 is 7.82 Å². The third-order valence-electron chi connectivity index (χ3n) is 3.08. The molecule has 0 unspecified atom stereocenters. The average Bonchev–Trinajstić information content (AvgIpc) is 2.67. The molecule has 11 N–H and O–H groups in total. The molecule has 0 aromatic rings. The van der Waals surface area contributed by atoms with Crippen LogP contribution in [0.3, 0.4) is 0 Å². The standard InChI is InChI=1S/C6H13O9P.C6H12O6/c7-1-3(9)5(10)6(11)4(2-8)15-16(12,13)14;7-1-3(9)5(11)6(12)4(10)2-8/h2-7,9-11H,1H2,(H2,12,13,14);1,3-6,8-12H,2H2/t3-,4+,5-,6-;3-,4+,5+,6+/m10/s1. The molecule has 0 aliphatic rings. The fourth-order valence-corrected chi connectivity index (χ4v) is 1.97. The summed E-state index contributed by atoms with van der Waals surface area (Å²) >= 11 is 0. The molecule has 0 radical (unpaired) electrons. The van der Waals surface area contributed by atoms with E-state index in [0.717, 1.165) is 0 Å². The molecule has 0 aliphatic carbocycles. The molecule has 0 bridgehead atoms. The Morgan fingerprint density at radius 3 is 1.39 bits per heavy atom. The van der Waals surface area contributed by atoms with E-state index in [0.29, 0.717) is 0 Å². The Kier molecular flexibility index (Phi) is 14.8. The molecular weight excluding hydrogens is 415 g/mol. The van der Waals surface area contributed by atoms with E-state index >= 15 is 0 Å². The summed E-state index contributed by atoms with van der Waals surface area (Å²) in [5.41, 5.74) is 0. The lowest BCUT2D eigenvalue weighted by atomic mass is 10.0. The van der Waals surface area contributed by atoms with Crippen LogP contribution in [0.2, 0.25) is 0 Å². The van der Waals surface area contributed by atoms with Crippen molar-refractivity contribution in [2.24, 2.45) is 0 Å². The van der Waals surface area contributed by atoms with Gasteiger partial charge in [-0.2, -0.15) is 0 Å². The number of carbonyl (C=O) groups is 2. The van der Waals surface area contributed by atoms with Crippen molar-refractivity contribution in [3.8, 4) is 0 Å². The van der Waals surface area contributed by atoms with Crippen molar-refractivity contribution in [2.75, 3.05) is 13.2 Å². The number of phosphoric acid groups is 1. The molecule has 0 aliphatic heterocycles. The minimum atomic E-state index is -5.02. The number of rotatable bonds is 12. The number of phosphoric ester groups is 1. The zero-order valence-electron chi connectivity index (χ0n) is 14.2. The highest BCUT2D eigenvalue weighted by atomic mass is 31.2. The molecule has 0 aromatic carbocycles. The number of aldehydes is 2. The second-order valence-electron chi connectivity index (χ2n) is 5.29. The van der Waals surface area contributed by atoms with Gasteiger partial charge in [0.1, 0.15) is 42.7 Å². The maximum Gasteiger partial charge on any atom is 0.470 e. The van der Waals surface area contributed by atoms with E-state index < -0.39 is 69.9 Å². The summed E-state index contributed by atoms with van der Waals surface area (Å²) in [6.07, 6.45) is -14.8. The Labute approximate surface area is 157 Å². The Morgan fingerprint density at radius 2 is 1.11 bits per heavy atom. The topological polar surface area (TPSA) is 283 Å². The third kappa shape index (κ3) is 11.2. The number of hydrogen-bond donors (Lipinski definition) is 11. The fraction of sp³-hybridized carbons (Fsp3) is 0.833. The first-order valence-corrected chi connectivity index (χ1v) is 8.93. The van der Waals surface area contributed by atoms with Crippen molar-refractivity contribution in [1.29, 1.82) is 0 Å². The summed E-state index contributed by atoms with van der Waals surface area (Å²) in [4.78, 5) is 37.0. The van der Waals surface area contributed by atoms with Crippen molar-refractivity contribution in [2.45, 2.75) is 48.8 Å². The van der Waals surface area contributed by atoms with Gasteiger partial charge in [-0.3, -0.25) is 4.52 Å². The summed E-state index contributed by atoms with van der Waals surface area (Å²) in [6, 6.07) is 0. The van der Waals surface area contributed by atoms with E-state index in [2.05, 4.69) is 4.52 Å². The van der Waals surface area contributed by atoms with Crippen LogP contribution in [0.1, 0.15) is 0 Å². The van der Waals surface area contributed by atoms with E-state index in [4.69, 9.17) is 50.6 Å². The van der Waals surface area contributed by atoms with Crippen LogP contribution in [0.5, 0.6) is 0 Å². The highest BCUT2D eigenvalue weighted by Crippen LogP contribution is 2.38. The normalized spacial score (nSPS) is 20.4. The molecule has 28 heavy (non-hydrogen) atoms. The predicted octanol–water partition coefficient (Wildman–Crippen LogP) is -6.64. The van der Waals surface area contributed by atoms with Gasteiger partial charge >= 0.3 is 7.82 Å². The van der Waals surface area contributed by atoms with Gasteiger partial charge in [0.2, 0.25) is 0 Å². The van der Waals surface area contributed by atoms with Gasteiger partial charge in [-0.05, 0) is 0 Å². The Morgan fingerprint density at radius 1 is 0.714 bits per heavy atom. The van der Waals surface area contributed by atoms with Crippen LogP contribution in [0.4, 0.5) is 0 Å². The number of carbonyl (C=O) groups excluding carboxylic acids is 2. The van der Waals surface area contributed by atoms with Crippen LogP contribution < -0.4 is 0 Å². The molecule has 0 heterocycles. The molecular formula is C12H25O15P. The van der Waals surface area contributed by atoms with Gasteiger partial charge in [0.15, 0.2) is 18.7 Å². The molecule has 16 heteroatoms. The molecule has 0 fully saturated rings. The summed E-state index contributed by atoms with van der Waals surface area (Å²) in [6.45, 7) is -1.66. The number of hydrogen-bond acceptors (Lipinski definition) is 13.